The lowest BCUT2D eigenvalue weighted by molar-refractivity contribution is -0.0498. The highest BCUT2D eigenvalue weighted by atomic mass is 19.3. The van der Waals surface area contributed by atoms with Crippen LogP contribution in [0.15, 0.2) is 24.3 Å². The number of piperidine rings is 1. The zero-order chi connectivity index (χ0) is 15.9. The minimum atomic E-state index is -2.83. The van der Waals surface area contributed by atoms with Gasteiger partial charge >= 0.3 is 6.61 Å². The Morgan fingerprint density at radius 1 is 1.23 bits per heavy atom. The summed E-state index contributed by atoms with van der Waals surface area (Å²) in [7, 11) is 1.72. The Hall–Kier alpha value is -1.24. The summed E-state index contributed by atoms with van der Waals surface area (Å²) in [4.78, 5) is 2.22. The van der Waals surface area contributed by atoms with Crippen LogP contribution in [0.1, 0.15) is 24.5 Å². The molecule has 1 unspecified atom stereocenters. The van der Waals surface area contributed by atoms with Crippen molar-refractivity contribution in [3.8, 4) is 5.75 Å². The van der Waals surface area contributed by atoms with Gasteiger partial charge < -0.3 is 19.5 Å². The van der Waals surface area contributed by atoms with E-state index in [9.17, 15) is 13.9 Å². The van der Waals surface area contributed by atoms with Gasteiger partial charge in [0.15, 0.2) is 0 Å². The number of likely N-dealkylation sites (tertiary alicyclic amines) is 1. The summed E-state index contributed by atoms with van der Waals surface area (Å²) < 4.78 is 33.6. The molecular weight excluding hydrogens is 292 g/mol. The van der Waals surface area contributed by atoms with Crippen molar-refractivity contribution in [2.45, 2.75) is 25.6 Å². The molecule has 0 spiro atoms. The molecule has 0 radical (unpaired) electrons. The minimum absolute atomic E-state index is 0.103. The average Bonchev–Trinajstić information content (AvgIpc) is 2.49. The van der Waals surface area contributed by atoms with Crippen molar-refractivity contribution in [1.82, 2.24) is 4.90 Å². The first-order valence-corrected chi connectivity index (χ1v) is 7.52. The van der Waals surface area contributed by atoms with Gasteiger partial charge in [-0.3, -0.25) is 0 Å². The molecule has 6 heteroatoms. The number of benzene rings is 1. The largest absolute Gasteiger partial charge is 0.435 e. The topological polar surface area (TPSA) is 41.9 Å². The Balaban J connectivity index is 1.81. The molecule has 1 aliphatic rings. The zero-order valence-electron chi connectivity index (χ0n) is 12.8. The molecule has 1 fully saturated rings. The molecule has 1 aromatic rings. The van der Waals surface area contributed by atoms with Crippen LogP contribution in [-0.4, -0.2) is 50.0 Å². The molecule has 0 saturated carbocycles. The normalized spacial score (nSPS) is 18.6. The van der Waals surface area contributed by atoms with Crippen LogP contribution in [-0.2, 0) is 4.74 Å². The van der Waals surface area contributed by atoms with Gasteiger partial charge in [-0.1, -0.05) is 12.1 Å². The van der Waals surface area contributed by atoms with Crippen molar-refractivity contribution in [3.63, 3.8) is 0 Å². The molecule has 2 rings (SSSR count). The number of hydrogen-bond acceptors (Lipinski definition) is 4. The third-order valence-electron chi connectivity index (χ3n) is 4.03. The van der Waals surface area contributed by atoms with E-state index in [-0.39, 0.29) is 5.75 Å². The molecular formula is C16H23F2NO3. The number of alkyl halides is 2. The fourth-order valence-corrected chi connectivity index (χ4v) is 2.79. The highest BCUT2D eigenvalue weighted by Gasteiger charge is 2.21. The van der Waals surface area contributed by atoms with E-state index in [0.29, 0.717) is 18.0 Å². The van der Waals surface area contributed by atoms with E-state index in [1.165, 1.54) is 12.1 Å². The van der Waals surface area contributed by atoms with Gasteiger partial charge in [0.05, 0.1) is 6.10 Å². The molecule has 1 aliphatic heterocycles. The molecule has 124 valence electrons. The van der Waals surface area contributed by atoms with Gasteiger partial charge in [-0.25, -0.2) is 0 Å². The van der Waals surface area contributed by atoms with E-state index in [4.69, 9.17) is 4.74 Å². The molecule has 1 heterocycles. The number of β-amino-alcohol motifs (C(OH)–C–C–N with tert-alkyl or cyclic N) is 1. The molecule has 22 heavy (non-hydrogen) atoms. The molecule has 0 amide bonds. The third-order valence-corrected chi connectivity index (χ3v) is 4.03. The Labute approximate surface area is 129 Å². The molecule has 0 bridgehead atoms. The first-order valence-electron chi connectivity index (χ1n) is 7.52. The maximum absolute atomic E-state index is 12.1. The summed E-state index contributed by atoms with van der Waals surface area (Å²) in [6.07, 6.45) is 1.52. The van der Waals surface area contributed by atoms with Gasteiger partial charge in [0.1, 0.15) is 5.75 Å². The number of nitrogens with zero attached hydrogens (tertiary/aromatic N) is 1. The highest BCUT2D eigenvalue weighted by Crippen LogP contribution is 2.23. The van der Waals surface area contributed by atoms with E-state index in [1.807, 2.05) is 0 Å². The molecule has 1 saturated heterocycles. The van der Waals surface area contributed by atoms with Crippen molar-refractivity contribution < 1.29 is 23.4 Å². The highest BCUT2D eigenvalue weighted by molar-refractivity contribution is 5.28. The quantitative estimate of drug-likeness (QED) is 0.840. The maximum Gasteiger partial charge on any atom is 0.387 e. The second kappa shape index (κ2) is 8.41. The average molecular weight is 315 g/mol. The van der Waals surface area contributed by atoms with E-state index >= 15 is 0 Å². The first kappa shape index (κ1) is 17.1. The summed E-state index contributed by atoms with van der Waals surface area (Å²) in [6, 6.07) is 6.16. The Morgan fingerprint density at radius 3 is 2.41 bits per heavy atom. The number of rotatable bonds is 7. The lowest BCUT2D eigenvalue weighted by atomic mass is 9.97. The Bertz CT molecular complexity index is 434. The second-order valence-corrected chi connectivity index (χ2v) is 5.66. The van der Waals surface area contributed by atoms with Crippen LogP contribution in [0.25, 0.3) is 0 Å². The minimum Gasteiger partial charge on any atom is -0.435 e. The first-order chi connectivity index (χ1) is 10.6. The van der Waals surface area contributed by atoms with Crippen LogP contribution in [0.5, 0.6) is 5.75 Å². The monoisotopic (exact) mass is 315 g/mol. The van der Waals surface area contributed by atoms with Crippen molar-refractivity contribution >= 4 is 0 Å². The van der Waals surface area contributed by atoms with Crippen LogP contribution >= 0.6 is 0 Å². The summed E-state index contributed by atoms with van der Waals surface area (Å²) in [5.74, 6) is 0.704. The number of aliphatic hydroxyl groups is 1. The van der Waals surface area contributed by atoms with E-state index in [1.54, 1.807) is 19.2 Å². The van der Waals surface area contributed by atoms with Gasteiger partial charge in [0.2, 0.25) is 0 Å². The van der Waals surface area contributed by atoms with Crippen molar-refractivity contribution in [1.29, 1.82) is 0 Å². The Morgan fingerprint density at radius 2 is 1.86 bits per heavy atom. The maximum atomic E-state index is 12.1. The predicted molar refractivity (Wildman–Crippen MR) is 79.1 cm³/mol. The predicted octanol–water partition coefficient (Wildman–Crippen LogP) is 2.68. The summed E-state index contributed by atoms with van der Waals surface area (Å²) in [6.45, 7) is 0.399. The van der Waals surface area contributed by atoms with Crippen molar-refractivity contribution in [2.24, 2.45) is 5.92 Å². The lowest BCUT2D eigenvalue weighted by Gasteiger charge is -2.32. The van der Waals surface area contributed by atoms with Gasteiger partial charge in [-0.05, 0) is 49.5 Å². The number of ether oxygens (including phenoxy) is 2. The van der Waals surface area contributed by atoms with Crippen LogP contribution in [0.4, 0.5) is 8.78 Å². The fraction of sp³-hybridized carbons (Fsp3) is 0.625. The number of hydrogen-bond donors (Lipinski definition) is 1. The van der Waals surface area contributed by atoms with Gasteiger partial charge in [-0.15, -0.1) is 0 Å². The van der Waals surface area contributed by atoms with Crippen LogP contribution < -0.4 is 4.74 Å². The summed E-state index contributed by atoms with van der Waals surface area (Å²) in [5, 5.41) is 10.3. The molecule has 0 aliphatic carbocycles. The van der Waals surface area contributed by atoms with Gasteiger partial charge in [0, 0.05) is 20.3 Å². The number of aliphatic hydroxyl groups excluding tert-OH is 1. The summed E-state index contributed by atoms with van der Waals surface area (Å²) in [5.41, 5.74) is 0.709. The molecule has 1 aromatic carbocycles. The van der Waals surface area contributed by atoms with Crippen LogP contribution in [0, 0.1) is 5.92 Å². The van der Waals surface area contributed by atoms with Crippen molar-refractivity contribution in [3.05, 3.63) is 29.8 Å². The van der Waals surface area contributed by atoms with E-state index in [0.717, 1.165) is 32.5 Å². The SMILES string of the molecule is COCC1CCN(CC(O)c2ccc(OC(F)F)cc2)CC1. The molecule has 0 aromatic heterocycles. The van der Waals surface area contributed by atoms with Gasteiger partial charge in [-0.2, -0.15) is 8.78 Å². The van der Waals surface area contributed by atoms with Crippen molar-refractivity contribution in [2.75, 3.05) is 33.4 Å². The summed E-state index contributed by atoms with van der Waals surface area (Å²) >= 11 is 0. The third kappa shape index (κ3) is 5.19. The van der Waals surface area contributed by atoms with Crippen LogP contribution in [0.2, 0.25) is 0 Å². The fourth-order valence-electron chi connectivity index (χ4n) is 2.79. The van der Waals surface area contributed by atoms with Gasteiger partial charge in [0.25, 0.3) is 0 Å². The second-order valence-electron chi connectivity index (χ2n) is 5.66. The molecule has 1 N–H and O–H groups in total. The smallest absolute Gasteiger partial charge is 0.387 e. The van der Waals surface area contributed by atoms with Crippen LogP contribution in [0.3, 0.4) is 0 Å². The van der Waals surface area contributed by atoms with E-state index in [2.05, 4.69) is 9.64 Å². The Kier molecular flexibility index (Phi) is 6.54. The van der Waals surface area contributed by atoms with E-state index < -0.39 is 12.7 Å². The number of methoxy groups -OCH3 is 1. The lowest BCUT2D eigenvalue weighted by Crippen LogP contribution is -2.37. The number of halogens is 2. The zero-order valence-corrected chi connectivity index (χ0v) is 12.8. The standard InChI is InChI=1S/C16H23F2NO3/c1-21-11-12-6-8-19(9-7-12)10-15(20)13-2-4-14(5-3-13)22-16(17)18/h2-5,12,15-16,20H,6-11H2,1H3. The molecule has 4 nitrogen and oxygen atoms in total. The molecule has 1 atom stereocenters.